The number of aliphatic hydroxyl groups is 1. The van der Waals surface area contributed by atoms with Gasteiger partial charge in [0.1, 0.15) is 6.04 Å². The second kappa shape index (κ2) is 9.07. The molecule has 1 atom stereocenters. The zero-order valence-corrected chi connectivity index (χ0v) is 12.7. The van der Waals surface area contributed by atoms with Gasteiger partial charge in [0.25, 0.3) is 0 Å². The molecular weight excluding hydrogens is 280 g/mol. The van der Waals surface area contributed by atoms with Crippen molar-refractivity contribution in [1.82, 2.24) is 10.2 Å². The number of nitrogens with one attached hydrogen (secondary N) is 1. The van der Waals surface area contributed by atoms with Crippen LogP contribution in [0.3, 0.4) is 0 Å². The molecule has 2 amide bonds. The van der Waals surface area contributed by atoms with Crippen molar-refractivity contribution in [3.8, 4) is 0 Å². The molecule has 0 radical (unpaired) electrons. The predicted molar refractivity (Wildman–Crippen MR) is 79.0 cm³/mol. The van der Waals surface area contributed by atoms with Crippen molar-refractivity contribution in [2.45, 2.75) is 44.2 Å². The molecule has 0 aromatic heterocycles. The topological polar surface area (TPSA) is 89.9 Å². The number of carboxylic acid groups (broad SMARTS) is 1. The number of aliphatic hydroxyl groups excluding tert-OH is 1. The van der Waals surface area contributed by atoms with Gasteiger partial charge in [0, 0.05) is 19.2 Å². The molecule has 1 rings (SSSR count). The van der Waals surface area contributed by atoms with Gasteiger partial charge in [0.2, 0.25) is 0 Å². The first-order chi connectivity index (χ1) is 9.60. The minimum Gasteiger partial charge on any atom is -0.480 e. The van der Waals surface area contributed by atoms with Gasteiger partial charge >= 0.3 is 12.0 Å². The highest BCUT2D eigenvalue weighted by atomic mass is 32.2. The van der Waals surface area contributed by atoms with Crippen LogP contribution in [0, 0.1) is 0 Å². The van der Waals surface area contributed by atoms with E-state index in [1.807, 2.05) is 6.26 Å². The lowest BCUT2D eigenvalue weighted by Crippen LogP contribution is -2.53. The molecule has 1 aliphatic carbocycles. The number of carboxylic acids is 1. The van der Waals surface area contributed by atoms with Crippen molar-refractivity contribution in [3.05, 3.63) is 0 Å². The van der Waals surface area contributed by atoms with Gasteiger partial charge in [-0.25, -0.2) is 9.59 Å². The number of carbonyl (C=O) groups excluding carboxylic acids is 1. The van der Waals surface area contributed by atoms with Crippen LogP contribution in [0.15, 0.2) is 0 Å². The largest absolute Gasteiger partial charge is 0.480 e. The van der Waals surface area contributed by atoms with Gasteiger partial charge in [0.05, 0.1) is 0 Å². The van der Waals surface area contributed by atoms with Crippen LogP contribution in [-0.2, 0) is 4.79 Å². The van der Waals surface area contributed by atoms with E-state index in [0.29, 0.717) is 25.1 Å². The summed E-state index contributed by atoms with van der Waals surface area (Å²) in [5.74, 6) is -0.305. The molecule has 3 N–H and O–H groups in total. The van der Waals surface area contributed by atoms with E-state index in [1.165, 1.54) is 0 Å². The van der Waals surface area contributed by atoms with Gasteiger partial charge in [0.15, 0.2) is 0 Å². The third kappa shape index (κ3) is 5.20. The molecule has 0 heterocycles. The maximum Gasteiger partial charge on any atom is 0.326 e. The second-order valence-electron chi connectivity index (χ2n) is 4.98. The number of nitrogens with zero attached hydrogens (tertiary/aromatic N) is 1. The van der Waals surface area contributed by atoms with E-state index in [9.17, 15) is 9.59 Å². The Hall–Kier alpha value is -0.950. The summed E-state index contributed by atoms with van der Waals surface area (Å²) in [6.07, 6.45) is 5.86. The van der Waals surface area contributed by atoms with E-state index in [1.54, 1.807) is 16.7 Å². The lowest BCUT2D eigenvalue weighted by atomic mass is 9.91. The Morgan fingerprint density at radius 2 is 2.15 bits per heavy atom. The number of urea groups is 1. The van der Waals surface area contributed by atoms with Crippen LogP contribution in [0.1, 0.15) is 32.1 Å². The SMILES string of the molecule is CSCCC(NC(=O)N(CCCO)C1CCC1)C(=O)O. The van der Waals surface area contributed by atoms with E-state index in [0.717, 1.165) is 19.3 Å². The third-order valence-electron chi connectivity index (χ3n) is 3.54. The standard InChI is InChI=1S/C13H24N2O4S/c1-20-9-6-11(12(17)18)14-13(19)15(7-3-8-16)10-4-2-5-10/h10-11,16H,2-9H2,1H3,(H,14,19)(H,17,18). The van der Waals surface area contributed by atoms with Gasteiger partial charge in [-0.05, 0) is 44.1 Å². The highest BCUT2D eigenvalue weighted by molar-refractivity contribution is 7.98. The second-order valence-corrected chi connectivity index (χ2v) is 5.96. The number of hydrogen-bond donors (Lipinski definition) is 3. The number of carbonyl (C=O) groups is 2. The number of thioether (sulfide) groups is 1. The first-order valence-electron chi connectivity index (χ1n) is 7.00. The fraction of sp³-hybridized carbons (Fsp3) is 0.846. The van der Waals surface area contributed by atoms with E-state index in [-0.39, 0.29) is 18.7 Å². The molecule has 7 heteroatoms. The summed E-state index contributed by atoms with van der Waals surface area (Å²) in [6.45, 7) is 0.507. The Bertz CT molecular complexity index is 323. The first kappa shape index (κ1) is 17.1. The maximum absolute atomic E-state index is 12.2. The molecular formula is C13H24N2O4S. The van der Waals surface area contributed by atoms with Crippen LogP contribution >= 0.6 is 11.8 Å². The minimum atomic E-state index is -0.997. The molecule has 0 aromatic carbocycles. The third-order valence-corrected chi connectivity index (χ3v) is 4.18. The summed E-state index contributed by atoms with van der Waals surface area (Å²) >= 11 is 1.56. The highest BCUT2D eigenvalue weighted by Crippen LogP contribution is 2.25. The fourth-order valence-corrected chi connectivity index (χ4v) is 2.59. The van der Waals surface area contributed by atoms with E-state index in [2.05, 4.69) is 5.32 Å². The molecule has 0 aliphatic heterocycles. The molecule has 0 saturated heterocycles. The van der Waals surface area contributed by atoms with E-state index < -0.39 is 12.0 Å². The summed E-state index contributed by atoms with van der Waals surface area (Å²) in [6, 6.07) is -0.972. The summed E-state index contributed by atoms with van der Waals surface area (Å²) < 4.78 is 0. The summed E-state index contributed by atoms with van der Waals surface area (Å²) in [5.41, 5.74) is 0. The average molecular weight is 304 g/mol. The highest BCUT2D eigenvalue weighted by Gasteiger charge is 2.30. The molecule has 1 saturated carbocycles. The molecule has 116 valence electrons. The Morgan fingerprint density at radius 3 is 2.60 bits per heavy atom. The predicted octanol–water partition coefficient (Wildman–Crippen LogP) is 1.14. The fourth-order valence-electron chi connectivity index (χ4n) is 2.11. The summed E-state index contributed by atoms with van der Waals surface area (Å²) in [7, 11) is 0. The van der Waals surface area contributed by atoms with Crippen LogP contribution in [0.25, 0.3) is 0 Å². The van der Waals surface area contributed by atoms with Crippen molar-refractivity contribution in [3.63, 3.8) is 0 Å². The molecule has 1 unspecified atom stereocenters. The monoisotopic (exact) mass is 304 g/mol. The first-order valence-corrected chi connectivity index (χ1v) is 8.39. The van der Waals surface area contributed by atoms with Crippen molar-refractivity contribution < 1.29 is 19.8 Å². The van der Waals surface area contributed by atoms with Gasteiger partial charge in [-0.1, -0.05) is 0 Å². The minimum absolute atomic E-state index is 0.0331. The van der Waals surface area contributed by atoms with Crippen LogP contribution in [0.4, 0.5) is 4.79 Å². The summed E-state index contributed by atoms with van der Waals surface area (Å²) in [5, 5.41) is 20.6. The number of hydrogen-bond acceptors (Lipinski definition) is 4. The zero-order chi connectivity index (χ0) is 15.0. The lowest BCUT2D eigenvalue weighted by molar-refractivity contribution is -0.139. The quantitative estimate of drug-likeness (QED) is 0.594. The molecule has 0 spiro atoms. The van der Waals surface area contributed by atoms with Crippen LogP contribution in [0.5, 0.6) is 0 Å². The Balaban J connectivity index is 2.55. The lowest BCUT2D eigenvalue weighted by Gasteiger charge is -2.38. The van der Waals surface area contributed by atoms with Crippen LogP contribution in [0.2, 0.25) is 0 Å². The maximum atomic E-state index is 12.2. The van der Waals surface area contributed by atoms with E-state index >= 15 is 0 Å². The summed E-state index contributed by atoms with van der Waals surface area (Å²) in [4.78, 5) is 25.0. The van der Waals surface area contributed by atoms with Crippen LogP contribution < -0.4 is 5.32 Å². The molecule has 0 aromatic rings. The molecule has 1 fully saturated rings. The Morgan fingerprint density at radius 1 is 1.45 bits per heavy atom. The number of aliphatic carboxylic acids is 1. The van der Waals surface area contributed by atoms with Gasteiger partial charge in [-0.15, -0.1) is 0 Å². The van der Waals surface area contributed by atoms with Crippen molar-refractivity contribution in [1.29, 1.82) is 0 Å². The number of amides is 2. The van der Waals surface area contributed by atoms with Crippen molar-refractivity contribution in [2.24, 2.45) is 0 Å². The van der Waals surface area contributed by atoms with Gasteiger partial charge in [-0.2, -0.15) is 11.8 Å². The zero-order valence-electron chi connectivity index (χ0n) is 11.9. The Kier molecular flexibility index (Phi) is 7.76. The molecule has 20 heavy (non-hydrogen) atoms. The molecule has 1 aliphatic rings. The van der Waals surface area contributed by atoms with Crippen molar-refractivity contribution in [2.75, 3.05) is 25.2 Å². The Labute approximate surface area is 123 Å². The van der Waals surface area contributed by atoms with E-state index in [4.69, 9.17) is 10.2 Å². The smallest absolute Gasteiger partial charge is 0.326 e. The molecule has 0 bridgehead atoms. The normalized spacial score (nSPS) is 16.3. The van der Waals surface area contributed by atoms with Gasteiger partial charge < -0.3 is 20.4 Å². The average Bonchev–Trinajstić information content (AvgIpc) is 2.36. The van der Waals surface area contributed by atoms with Crippen LogP contribution in [-0.4, -0.2) is 64.4 Å². The number of rotatable bonds is 9. The van der Waals surface area contributed by atoms with Gasteiger partial charge in [-0.3, -0.25) is 0 Å². The van der Waals surface area contributed by atoms with Crippen molar-refractivity contribution >= 4 is 23.8 Å². The molecule has 6 nitrogen and oxygen atoms in total.